The lowest BCUT2D eigenvalue weighted by atomic mass is 9.86. The summed E-state index contributed by atoms with van der Waals surface area (Å²) in [6, 6.07) is 2.66. The molecule has 2 atom stereocenters. The van der Waals surface area contributed by atoms with Crippen molar-refractivity contribution in [3.05, 3.63) is 29.8 Å². The lowest BCUT2D eigenvalue weighted by Gasteiger charge is -2.34. The Labute approximate surface area is 164 Å². The fourth-order valence-electron chi connectivity index (χ4n) is 3.94. The number of piperazine rings is 1. The van der Waals surface area contributed by atoms with E-state index in [-0.39, 0.29) is 31.6 Å². The Morgan fingerprint density at radius 2 is 1.82 bits per heavy atom. The van der Waals surface area contributed by atoms with Gasteiger partial charge in [0, 0.05) is 38.3 Å². The summed E-state index contributed by atoms with van der Waals surface area (Å²) in [4.78, 5) is 13.7. The standard InChI is InChI=1S/C19H27F2N3O3S/c1-14-4-2-3-5-17(14)22-19(25)13-23-8-10-24(11-9-23)28(26,27)18-7-6-15(20)12-16(18)21/h6-7,12,14,17H,2-5,8-11,13H2,1H3,(H,22,25)/t14-,17-/m0/s1. The summed E-state index contributed by atoms with van der Waals surface area (Å²) in [7, 11) is -4.03. The van der Waals surface area contributed by atoms with Gasteiger partial charge < -0.3 is 5.32 Å². The zero-order chi connectivity index (χ0) is 20.3. The summed E-state index contributed by atoms with van der Waals surface area (Å²) in [5, 5.41) is 3.10. The molecule has 1 aromatic carbocycles. The van der Waals surface area contributed by atoms with Gasteiger partial charge in [-0.1, -0.05) is 19.8 Å². The molecule has 0 radical (unpaired) electrons. The topological polar surface area (TPSA) is 69.7 Å². The Morgan fingerprint density at radius 1 is 1.14 bits per heavy atom. The van der Waals surface area contributed by atoms with Gasteiger partial charge in [-0.3, -0.25) is 9.69 Å². The van der Waals surface area contributed by atoms with Crippen LogP contribution in [0.4, 0.5) is 8.78 Å². The van der Waals surface area contributed by atoms with Crippen molar-refractivity contribution in [2.45, 2.75) is 43.5 Å². The molecule has 1 amide bonds. The van der Waals surface area contributed by atoms with E-state index in [0.717, 1.165) is 31.4 Å². The van der Waals surface area contributed by atoms with E-state index in [1.165, 1.54) is 10.7 Å². The van der Waals surface area contributed by atoms with E-state index in [4.69, 9.17) is 0 Å². The van der Waals surface area contributed by atoms with Crippen molar-refractivity contribution < 1.29 is 22.0 Å². The first-order valence-corrected chi connectivity index (χ1v) is 11.2. The van der Waals surface area contributed by atoms with E-state index < -0.39 is 26.6 Å². The maximum absolute atomic E-state index is 13.9. The van der Waals surface area contributed by atoms with Crippen LogP contribution in [0.2, 0.25) is 0 Å². The first-order valence-electron chi connectivity index (χ1n) is 9.74. The normalized spacial score (nSPS) is 24.8. The third kappa shape index (κ3) is 4.87. The van der Waals surface area contributed by atoms with Crippen molar-refractivity contribution in [3.63, 3.8) is 0 Å². The second-order valence-electron chi connectivity index (χ2n) is 7.69. The molecule has 1 aliphatic heterocycles. The summed E-state index contributed by atoms with van der Waals surface area (Å²) in [5.74, 6) is -1.48. The van der Waals surface area contributed by atoms with Crippen LogP contribution in [0.25, 0.3) is 0 Å². The summed E-state index contributed by atoms with van der Waals surface area (Å²) in [6.45, 7) is 3.47. The van der Waals surface area contributed by atoms with E-state index in [2.05, 4.69) is 12.2 Å². The third-order valence-corrected chi connectivity index (χ3v) is 7.60. The van der Waals surface area contributed by atoms with Crippen LogP contribution in [0.1, 0.15) is 32.6 Å². The van der Waals surface area contributed by atoms with Crippen molar-refractivity contribution >= 4 is 15.9 Å². The molecule has 2 aliphatic rings. The molecule has 0 spiro atoms. The van der Waals surface area contributed by atoms with Crippen LogP contribution in [0.3, 0.4) is 0 Å². The van der Waals surface area contributed by atoms with Crippen molar-refractivity contribution in [2.75, 3.05) is 32.7 Å². The second kappa shape index (κ2) is 8.84. The molecule has 1 aliphatic carbocycles. The van der Waals surface area contributed by atoms with E-state index >= 15 is 0 Å². The van der Waals surface area contributed by atoms with Gasteiger partial charge in [0.25, 0.3) is 0 Å². The average Bonchev–Trinajstić information content (AvgIpc) is 2.64. The van der Waals surface area contributed by atoms with Crippen LogP contribution >= 0.6 is 0 Å². The highest BCUT2D eigenvalue weighted by molar-refractivity contribution is 7.89. The average molecular weight is 416 g/mol. The van der Waals surface area contributed by atoms with Crippen molar-refractivity contribution in [2.24, 2.45) is 5.92 Å². The highest BCUT2D eigenvalue weighted by Crippen LogP contribution is 2.24. The number of sulfonamides is 1. The summed E-state index contributed by atoms with van der Waals surface area (Å²) >= 11 is 0. The van der Waals surface area contributed by atoms with Gasteiger partial charge in [0.2, 0.25) is 15.9 Å². The number of benzene rings is 1. The van der Waals surface area contributed by atoms with Gasteiger partial charge in [-0.25, -0.2) is 17.2 Å². The number of halogens is 2. The first-order chi connectivity index (χ1) is 13.3. The van der Waals surface area contributed by atoms with Gasteiger partial charge in [-0.2, -0.15) is 4.31 Å². The molecule has 2 fully saturated rings. The Bertz CT molecular complexity index is 811. The van der Waals surface area contributed by atoms with Gasteiger partial charge in [0.1, 0.15) is 16.5 Å². The summed E-state index contributed by atoms with van der Waals surface area (Å²) in [5.41, 5.74) is 0. The van der Waals surface area contributed by atoms with Crippen molar-refractivity contribution in [1.29, 1.82) is 0 Å². The van der Waals surface area contributed by atoms with Crippen LogP contribution in [0, 0.1) is 17.6 Å². The summed E-state index contributed by atoms with van der Waals surface area (Å²) < 4.78 is 53.4. The number of amides is 1. The number of carbonyl (C=O) groups excluding carboxylic acids is 1. The van der Waals surface area contributed by atoms with Crippen LogP contribution in [-0.4, -0.2) is 62.3 Å². The zero-order valence-corrected chi connectivity index (χ0v) is 16.9. The molecule has 28 heavy (non-hydrogen) atoms. The number of hydrogen-bond acceptors (Lipinski definition) is 4. The monoisotopic (exact) mass is 415 g/mol. The molecule has 0 aromatic heterocycles. The van der Waals surface area contributed by atoms with Gasteiger partial charge >= 0.3 is 0 Å². The molecular formula is C19H27F2N3O3S. The van der Waals surface area contributed by atoms with Crippen molar-refractivity contribution in [3.8, 4) is 0 Å². The maximum Gasteiger partial charge on any atom is 0.246 e. The third-order valence-electron chi connectivity index (χ3n) is 5.67. The fourth-order valence-corrected chi connectivity index (χ4v) is 5.41. The fraction of sp³-hybridized carbons (Fsp3) is 0.632. The molecule has 156 valence electrons. The van der Waals surface area contributed by atoms with E-state index in [1.54, 1.807) is 0 Å². The maximum atomic E-state index is 13.9. The molecule has 9 heteroatoms. The molecule has 1 saturated heterocycles. The molecule has 1 N–H and O–H groups in total. The molecular weight excluding hydrogens is 388 g/mol. The summed E-state index contributed by atoms with van der Waals surface area (Å²) in [6.07, 6.45) is 4.47. The quantitative estimate of drug-likeness (QED) is 0.798. The van der Waals surface area contributed by atoms with E-state index in [1.807, 2.05) is 4.90 Å². The Hall–Kier alpha value is -1.58. The number of rotatable bonds is 5. The van der Waals surface area contributed by atoms with Crippen molar-refractivity contribution in [1.82, 2.24) is 14.5 Å². The van der Waals surface area contributed by atoms with Crippen LogP contribution in [0.5, 0.6) is 0 Å². The Balaban J connectivity index is 1.53. The predicted molar refractivity (Wildman–Crippen MR) is 101 cm³/mol. The molecule has 1 saturated carbocycles. The highest BCUT2D eigenvalue weighted by atomic mass is 32.2. The van der Waals surface area contributed by atoms with Gasteiger partial charge in [-0.05, 0) is 30.9 Å². The van der Waals surface area contributed by atoms with E-state index in [9.17, 15) is 22.0 Å². The lowest BCUT2D eigenvalue weighted by Crippen LogP contribution is -2.52. The minimum absolute atomic E-state index is 0.0420. The van der Waals surface area contributed by atoms with Gasteiger partial charge in [-0.15, -0.1) is 0 Å². The zero-order valence-electron chi connectivity index (χ0n) is 16.0. The number of hydrogen-bond donors (Lipinski definition) is 1. The Morgan fingerprint density at radius 3 is 2.46 bits per heavy atom. The molecule has 0 bridgehead atoms. The van der Waals surface area contributed by atoms with Crippen LogP contribution in [0.15, 0.2) is 23.1 Å². The SMILES string of the molecule is C[C@H]1CCCC[C@@H]1NC(=O)CN1CCN(S(=O)(=O)c2ccc(F)cc2F)CC1. The smallest absolute Gasteiger partial charge is 0.246 e. The number of carbonyl (C=O) groups is 1. The Kier molecular flexibility index (Phi) is 6.67. The second-order valence-corrected chi connectivity index (χ2v) is 9.60. The predicted octanol–water partition coefficient (Wildman–Crippen LogP) is 1.97. The number of nitrogens with one attached hydrogen (secondary N) is 1. The minimum atomic E-state index is -4.03. The lowest BCUT2D eigenvalue weighted by molar-refractivity contribution is -0.123. The van der Waals surface area contributed by atoms with Gasteiger partial charge in [0.05, 0.1) is 6.54 Å². The molecule has 0 unspecified atom stereocenters. The van der Waals surface area contributed by atoms with E-state index in [0.29, 0.717) is 25.1 Å². The largest absolute Gasteiger partial charge is 0.352 e. The molecule has 6 nitrogen and oxygen atoms in total. The molecule has 1 heterocycles. The van der Waals surface area contributed by atoms with Crippen LogP contribution < -0.4 is 5.32 Å². The first kappa shape index (κ1) is 21.1. The highest BCUT2D eigenvalue weighted by Gasteiger charge is 2.31. The molecule has 3 rings (SSSR count). The molecule has 1 aromatic rings. The minimum Gasteiger partial charge on any atom is -0.352 e. The number of nitrogens with zero attached hydrogens (tertiary/aromatic N) is 2. The van der Waals surface area contributed by atoms with Gasteiger partial charge in [0.15, 0.2) is 0 Å². The van der Waals surface area contributed by atoms with Crippen LogP contribution in [-0.2, 0) is 14.8 Å².